The van der Waals surface area contributed by atoms with E-state index in [2.05, 4.69) is 14.9 Å². The highest BCUT2D eigenvalue weighted by Crippen LogP contribution is 2.30. The lowest BCUT2D eigenvalue weighted by atomic mass is 10.0. The van der Waals surface area contributed by atoms with Crippen molar-refractivity contribution in [2.75, 3.05) is 33.2 Å². The van der Waals surface area contributed by atoms with Crippen LogP contribution in [-0.4, -0.2) is 64.7 Å². The minimum absolute atomic E-state index is 0.0336. The van der Waals surface area contributed by atoms with Crippen LogP contribution in [0, 0.1) is 0 Å². The first-order valence-corrected chi connectivity index (χ1v) is 9.46. The SMILES string of the molecule is CN1CCN(C(=O)CCC(=O)c2ccc3[nH]c4nccc(Cl)c4c3c2)CC1. The van der Waals surface area contributed by atoms with Crippen molar-refractivity contribution < 1.29 is 9.59 Å². The number of carbonyl (C=O) groups excluding carboxylic acids is 2. The fourth-order valence-corrected chi connectivity index (χ4v) is 3.78. The van der Waals surface area contributed by atoms with Gasteiger partial charge < -0.3 is 14.8 Å². The highest BCUT2D eigenvalue weighted by molar-refractivity contribution is 6.37. The van der Waals surface area contributed by atoms with Crippen LogP contribution in [0.1, 0.15) is 23.2 Å². The number of nitrogens with zero attached hydrogens (tertiary/aromatic N) is 3. The first kappa shape index (κ1) is 17.9. The van der Waals surface area contributed by atoms with Crippen molar-refractivity contribution in [2.45, 2.75) is 12.8 Å². The summed E-state index contributed by atoms with van der Waals surface area (Å²) in [5.41, 5.74) is 2.18. The van der Waals surface area contributed by atoms with Crippen molar-refractivity contribution >= 4 is 45.2 Å². The van der Waals surface area contributed by atoms with Crippen molar-refractivity contribution in [3.63, 3.8) is 0 Å². The fourth-order valence-electron chi connectivity index (χ4n) is 3.53. The van der Waals surface area contributed by atoms with Crippen LogP contribution in [0.25, 0.3) is 21.9 Å². The zero-order chi connectivity index (χ0) is 19.0. The van der Waals surface area contributed by atoms with Crippen LogP contribution in [0.3, 0.4) is 0 Å². The normalized spacial score (nSPS) is 15.6. The molecule has 0 bridgehead atoms. The second-order valence-corrected chi connectivity index (χ2v) is 7.42. The Labute approximate surface area is 162 Å². The molecular formula is C20H21ClN4O2. The average Bonchev–Trinajstić information content (AvgIpc) is 3.05. The molecule has 0 spiro atoms. The molecule has 0 radical (unpaired) electrons. The van der Waals surface area contributed by atoms with Gasteiger partial charge in [0.2, 0.25) is 5.91 Å². The summed E-state index contributed by atoms with van der Waals surface area (Å²) >= 11 is 6.31. The zero-order valence-electron chi connectivity index (χ0n) is 15.2. The quantitative estimate of drug-likeness (QED) is 0.702. The number of ketones is 1. The van der Waals surface area contributed by atoms with Crippen molar-refractivity contribution in [2.24, 2.45) is 0 Å². The van der Waals surface area contributed by atoms with Gasteiger partial charge in [0.25, 0.3) is 0 Å². The lowest BCUT2D eigenvalue weighted by Gasteiger charge is -2.32. The second-order valence-electron chi connectivity index (χ2n) is 7.01. The third-order valence-corrected chi connectivity index (χ3v) is 5.50. The number of halogens is 1. The molecule has 0 atom stereocenters. The Balaban J connectivity index is 1.49. The Bertz CT molecular complexity index is 1020. The van der Waals surface area contributed by atoms with Crippen LogP contribution in [0.15, 0.2) is 30.5 Å². The molecular weight excluding hydrogens is 364 g/mol. The third kappa shape index (κ3) is 3.55. The number of Topliss-reactive ketones (excluding diaryl/α,β-unsaturated/α-hetero) is 1. The molecule has 0 saturated carbocycles. The number of aromatic nitrogens is 2. The molecule has 140 valence electrons. The maximum Gasteiger partial charge on any atom is 0.223 e. The lowest BCUT2D eigenvalue weighted by Crippen LogP contribution is -2.47. The summed E-state index contributed by atoms with van der Waals surface area (Å²) in [6, 6.07) is 7.22. The summed E-state index contributed by atoms with van der Waals surface area (Å²) in [4.78, 5) is 36.5. The van der Waals surface area contributed by atoms with E-state index < -0.39 is 0 Å². The van der Waals surface area contributed by atoms with Crippen molar-refractivity contribution in [3.05, 3.63) is 41.0 Å². The van der Waals surface area contributed by atoms with Gasteiger partial charge >= 0.3 is 0 Å². The van der Waals surface area contributed by atoms with E-state index in [1.54, 1.807) is 18.3 Å². The fraction of sp³-hybridized carbons (Fsp3) is 0.350. The van der Waals surface area contributed by atoms with Gasteiger partial charge in [0.1, 0.15) is 5.65 Å². The van der Waals surface area contributed by atoms with Crippen molar-refractivity contribution in [3.8, 4) is 0 Å². The number of pyridine rings is 1. The Morgan fingerprint density at radius 3 is 2.70 bits per heavy atom. The number of H-pyrrole nitrogens is 1. The molecule has 1 aliphatic heterocycles. The molecule has 1 N–H and O–H groups in total. The number of fused-ring (bicyclic) bond motifs is 3. The smallest absolute Gasteiger partial charge is 0.223 e. The Kier molecular flexibility index (Phi) is 4.85. The molecule has 1 aromatic carbocycles. The van der Waals surface area contributed by atoms with E-state index in [1.165, 1.54) is 0 Å². The molecule has 6 nitrogen and oxygen atoms in total. The monoisotopic (exact) mass is 384 g/mol. The van der Waals surface area contributed by atoms with Crippen LogP contribution < -0.4 is 0 Å². The van der Waals surface area contributed by atoms with E-state index in [1.807, 2.05) is 24.1 Å². The molecule has 1 amide bonds. The summed E-state index contributed by atoms with van der Waals surface area (Å²) in [5.74, 6) is 0.0191. The molecule has 0 unspecified atom stereocenters. The van der Waals surface area contributed by atoms with Crippen molar-refractivity contribution in [1.29, 1.82) is 0 Å². The van der Waals surface area contributed by atoms with E-state index in [9.17, 15) is 9.59 Å². The van der Waals surface area contributed by atoms with Crippen LogP contribution in [0.5, 0.6) is 0 Å². The molecule has 2 aromatic heterocycles. The third-order valence-electron chi connectivity index (χ3n) is 5.19. The number of rotatable bonds is 4. The van der Waals surface area contributed by atoms with Gasteiger partial charge in [-0.2, -0.15) is 0 Å². The van der Waals surface area contributed by atoms with Gasteiger partial charge in [0, 0.05) is 67.1 Å². The molecule has 27 heavy (non-hydrogen) atoms. The van der Waals surface area contributed by atoms with E-state index in [4.69, 9.17) is 11.6 Å². The summed E-state index contributed by atoms with van der Waals surface area (Å²) in [5, 5.41) is 2.29. The molecule has 0 aliphatic carbocycles. The van der Waals surface area contributed by atoms with Crippen LogP contribution in [0.2, 0.25) is 5.02 Å². The number of likely N-dealkylation sites (N-methyl/N-ethyl adjacent to an activating group) is 1. The Hall–Kier alpha value is -2.44. The molecule has 3 heterocycles. The first-order valence-electron chi connectivity index (χ1n) is 9.08. The Morgan fingerprint density at radius 1 is 1.15 bits per heavy atom. The van der Waals surface area contributed by atoms with Gasteiger partial charge in [-0.05, 0) is 31.3 Å². The topological polar surface area (TPSA) is 69.3 Å². The predicted molar refractivity (Wildman–Crippen MR) is 106 cm³/mol. The minimum atomic E-state index is -0.0336. The number of piperazine rings is 1. The summed E-state index contributed by atoms with van der Waals surface area (Å²) in [6.07, 6.45) is 2.11. The lowest BCUT2D eigenvalue weighted by molar-refractivity contribution is -0.132. The highest BCUT2D eigenvalue weighted by Gasteiger charge is 2.20. The maximum atomic E-state index is 12.6. The first-order chi connectivity index (χ1) is 13.0. The molecule has 1 aliphatic rings. The largest absolute Gasteiger partial charge is 0.340 e. The number of amides is 1. The van der Waals surface area contributed by atoms with Gasteiger partial charge in [-0.15, -0.1) is 0 Å². The number of hydrogen-bond donors (Lipinski definition) is 1. The molecule has 3 aromatic rings. The molecule has 7 heteroatoms. The van der Waals surface area contributed by atoms with Crippen LogP contribution in [-0.2, 0) is 4.79 Å². The van der Waals surface area contributed by atoms with Crippen LogP contribution in [0.4, 0.5) is 0 Å². The minimum Gasteiger partial charge on any atom is -0.340 e. The predicted octanol–water partition coefficient (Wildman–Crippen LogP) is 3.11. The van der Waals surface area contributed by atoms with E-state index in [0.717, 1.165) is 42.5 Å². The zero-order valence-corrected chi connectivity index (χ0v) is 15.9. The van der Waals surface area contributed by atoms with Gasteiger partial charge in [-0.1, -0.05) is 11.6 Å². The standard InChI is InChI=1S/C20H21ClN4O2/c1-24-8-10-25(11-9-24)18(27)5-4-17(26)13-2-3-16-14(12-13)19-15(21)6-7-22-20(19)23-16/h2-3,6-7,12H,4-5,8-11H2,1H3,(H,22,23). The number of hydrogen-bond acceptors (Lipinski definition) is 4. The second kappa shape index (κ2) is 7.29. The van der Waals surface area contributed by atoms with E-state index >= 15 is 0 Å². The van der Waals surface area contributed by atoms with Crippen LogP contribution >= 0.6 is 11.6 Å². The van der Waals surface area contributed by atoms with Gasteiger partial charge in [0.05, 0.1) is 5.02 Å². The molecule has 4 rings (SSSR count). The summed E-state index contributed by atoms with van der Waals surface area (Å²) < 4.78 is 0. The summed E-state index contributed by atoms with van der Waals surface area (Å²) in [7, 11) is 2.05. The molecule has 1 saturated heterocycles. The average molecular weight is 385 g/mol. The maximum absolute atomic E-state index is 12.6. The number of nitrogens with one attached hydrogen (secondary N) is 1. The highest BCUT2D eigenvalue weighted by atomic mass is 35.5. The van der Waals surface area contributed by atoms with Crippen molar-refractivity contribution in [1.82, 2.24) is 19.8 Å². The Morgan fingerprint density at radius 2 is 1.93 bits per heavy atom. The van der Waals surface area contributed by atoms with E-state index in [0.29, 0.717) is 16.2 Å². The van der Waals surface area contributed by atoms with Gasteiger partial charge in [0.15, 0.2) is 5.78 Å². The summed E-state index contributed by atoms with van der Waals surface area (Å²) in [6.45, 7) is 3.23. The van der Waals surface area contributed by atoms with E-state index in [-0.39, 0.29) is 24.5 Å². The number of carbonyl (C=O) groups is 2. The number of aromatic amines is 1. The van der Waals surface area contributed by atoms with Gasteiger partial charge in [-0.3, -0.25) is 9.59 Å². The van der Waals surface area contributed by atoms with Gasteiger partial charge in [-0.25, -0.2) is 4.98 Å². The number of benzene rings is 1. The molecule has 1 fully saturated rings.